The summed E-state index contributed by atoms with van der Waals surface area (Å²) < 4.78 is 49.4. The summed E-state index contributed by atoms with van der Waals surface area (Å²) in [6.07, 6.45) is -3.73. The third-order valence-electron chi connectivity index (χ3n) is 8.04. The first-order chi connectivity index (χ1) is 20.8. The monoisotopic (exact) mass is 671 g/mol. The van der Waals surface area contributed by atoms with E-state index in [9.17, 15) is 27.9 Å². The highest BCUT2D eigenvalue weighted by atomic mass is 79.9. The van der Waals surface area contributed by atoms with E-state index in [4.69, 9.17) is 9.72 Å². The summed E-state index contributed by atoms with van der Waals surface area (Å²) in [5.41, 5.74) is 1.39. The second-order valence-corrected chi connectivity index (χ2v) is 12.2. The Kier molecular flexibility index (Phi) is 7.65. The van der Waals surface area contributed by atoms with Crippen LogP contribution in [0.15, 0.2) is 57.8 Å². The summed E-state index contributed by atoms with van der Waals surface area (Å²) in [6.45, 7) is 5.36. The number of ether oxygens (including phenoxy) is 1. The Morgan fingerprint density at radius 3 is 2.41 bits per heavy atom. The van der Waals surface area contributed by atoms with Gasteiger partial charge in [0.15, 0.2) is 0 Å². The van der Waals surface area contributed by atoms with Crippen molar-refractivity contribution in [3.05, 3.63) is 97.1 Å². The highest BCUT2D eigenvalue weighted by Crippen LogP contribution is 2.36. The number of carbonyl (C=O) groups is 1. The number of aliphatic hydroxyl groups excluding tert-OH is 1. The van der Waals surface area contributed by atoms with Crippen molar-refractivity contribution in [2.45, 2.75) is 71.0 Å². The number of hydrogen-bond acceptors (Lipinski definition) is 6. The van der Waals surface area contributed by atoms with E-state index in [1.807, 2.05) is 19.9 Å². The highest BCUT2D eigenvalue weighted by Gasteiger charge is 2.36. The van der Waals surface area contributed by atoms with Gasteiger partial charge in [-0.25, -0.2) is 14.2 Å². The molecule has 4 aromatic rings. The predicted octanol–water partition coefficient (Wildman–Crippen LogP) is 5.31. The Balaban J connectivity index is 1.39. The van der Waals surface area contributed by atoms with Crippen molar-refractivity contribution in [3.8, 4) is 17.4 Å². The minimum absolute atomic E-state index is 0.0566. The summed E-state index contributed by atoms with van der Waals surface area (Å²) in [7, 11) is 0. The normalized spacial score (nSPS) is 19.8. The van der Waals surface area contributed by atoms with Crippen molar-refractivity contribution in [2.24, 2.45) is 0 Å². The molecular formula is C31H29BrF3N5O4. The van der Waals surface area contributed by atoms with Crippen LogP contribution in [0.2, 0.25) is 0 Å². The van der Waals surface area contributed by atoms with Crippen LogP contribution in [0.3, 0.4) is 0 Å². The van der Waals surface area contributed by atoms with Crippen molar-refractivity contribution >= 4 is 21.8 Å². The molecule has 2 aliphatic rings. The second kappa shape index (κ2) is 11.2. The standard InChI is InChI=1S/C31H29BrF3N5O4/c1-16-10-18(3)40(37-16)30-36-27-15-38(28(42)19-4-9-26(32)25(12-19)31(33,34)35)17(2)11-24(27)29(43)39(30)20-5-7-22(8-6-20)44-23-13-21(41)14-23/h4-10,12,17,21,23,41H,11,13-15H2,1-3H3/t17-,21-,23-/m1/s1. The molecule has 1 saturated carbocycles. The molecule has 13 heteroatoms. The van der Waals surface area contributed by atoms with Gasteiger partial charge in [0.2, 0.25) is 5.95 Å². The lowest BCUT2D eigenvalue weighted by Crippen LogP contribution is -2.46. The van der Waals surface area contributed by atoms with Gasteiger partial charge in [-0.2, -0.15) is 18.3 Å². The number of aliphatic hydroxyl groups is 1. The van der Waals surface area contributed by atoms with Crippen LogP contribution >= 0.6 is 15.9 Å². The van der Waals surface area contributed by atoms with Gasteiger partial charge in [-0.3, -0.25) is 9.59 Å². The van der Waals surface area contributed by atoms with Gasteiger partial charge in [0, 0.05) is 40.2 Å². The molecule has 0 radical (unpaired) electrons. The first kappa shape index (κ1) is 30.1. The van der Waals surface area contributed by atoms with Crippen LogP contribution in [-0.4, -0.2) is 53.5 Å². The molecule has 3 heterocycles. The number of halogens is 4. The zero-order chi connectivity index (χ0) is 31.5. The van der Waals surface area contributed by atoms with Gasteiger partial charge in [-0.05, 0) is 75.7 Å². The fourth-order valence-electron chi connectivity index (χ4n) is 5.67. The van der Waals surface area contributed by atoms with Crippen LogP contribution < -0.4 is 10.3 Å². The van der Waals surface area contributed by atoms with Gasteiger partial charge < -0.3 is 14.7 Å². The molecule has 0 unspecified atom stereocenters. The average Bonchev–Trinajstić information content (AvgIpc) is 3.29. The maximum absolute atomic E-state index is 14.2. The van der Waals surface area contributed by atoms with E-state index in [0.29, 0.717) is 41.2 Å². The Bertz CT molecular complexity index is 1810. The van der Waals surface area contributed by atoms with Crippen LogP contribution in [-0.2, 0) is 19.1 Å². The number of aromatic nitrogens is 4. The highest BCUT2D eigenvalue weighted by molar-refractivity contribution is 9.10. The van der Waals surface area contributed by atoms with Gasteiger partial charge in [-0.15, -0.1) is 0 Å². The lowest BCUT2D eigenvalue weighted by Gasteiger charge is -2.34. The molecule has 1 N–H and O–H groups in total. The molecule has 44 heavy (non-hydrogen) atoms. The number of alkyl halides is 3. The average molecular weight is 673 g/mol. The smallest absolute Gasteiger partial charge is 0.417 e. The Morgan fingerprint density at radius 2 is 1.80 bits per heavy atom. The van der Waals surface area contributed by atoms with Gasteiger partial charge >= 0.3 is 6.18 Å². The predicted molar refractivity (Wildman–Crippen MR) is 158 cm³/mol. The van der Waals surface area contributed by atoms with Crippen LogP contribution in [0.5, 0.6) is 5.75 Å². The number of aryl methyl sites for hydroxylation is 2. The molecule has 1 atom stereocenters. The fourth-order valence-corrected chi connectivity index (χ4v) is 6.14. The van der Waals surface area contributed by atoms with E-state index in [1.165, 1.54) is 21.6 Å². The number of hydrogen-bond donors (Lipinski definition) is 1. The minimum Gasteiger partial charge on any atom is -0.490 e. The zero-order valence-corrected chi connectivity index (χ0v) is 25.7. The van der Waals surface area contributed by atoms with Crippen molar-refractivity contribution in [1.29, 1.82) is 0 Å². The molecule has 1 fully saturated rings. The van der Waals surface area contributed by atoms with Crippen LogP contribution in [0, 0.1) is 13.8 Å². The zero-order valence-electron chi connectivity index (χ0n) is 24.1. The maximum Gasteiger partial charge on any atom is 0.417 e. The van der Waals surface area contributed by atoms with Crippen LogP contribution in [0.25, 0.3) is 11.6 Å². The van der Waals surface area contributed by atoms with E-state index in [2.05, 4.69) is 21.0 Å². The molecule has 1 aliphatic heterocycles. The third kappa shape index (κ3) is 5.54. The molecule has 9 nitrogen and oxygen atoms in total. The van der Waals surface area contributed by atoms with E-state index in [0.717, 1.165) is 11.8 Å². The number of nitrogens with zero attached hydrogens (tertiary/aromatic N) is 5. The number of fused-ring (bicyclic) bond motifs is 1. The summed E-state index contributed by atoms with van der Waals surface area (Å²) in [5.74, 6) is 0.246. The van der Waals surface area contributed by atoms with Crippen LogP contribution in [0.4, 0.5) is 13.2 Å². The first-order valence-corrected chi connectivity index (χ1v) is 14.9. The SMILES string of the molecule is Cc1cc(C)n(-c2nc3c(c(=O)n2-c2ccc(O[C@H]4C[C@H](O)C4)cc2)C[C@@H](C)N(C(=O)c2ccc(Br)c(C(F)(F)F)c2)C3)n1. The molecule has 1 aliphatic carbocycles. The largest absolute Gasteiger partial charge is 0.490 e. The van der Waals surface area contributed by atoms with Crippen molar-refractivity contribution in [1.82, 2.24) is 24.2 Å². The number of benzene rings is 2. The summed E-state index contributed by atoms with van der Waals surface area (Å²) in [5, 5.41) is 14.1. The molecule has 0 spiro atoms. The van der Waals surface area contributed by atoms with Crippen molar-refractivity contribution < 1.29 is 27.8 Å². The van der Waals surface area contributed by atoms with Gasteiger partial charge in [0.1, 0.15) is 11.9 Å². The fraction of sp³-hybridized carbons (Fsp3) is 0.355. The third-order valence-corrected chi connectivity index (χ3v) is 8.73. The number of amides is 1. The molecule has 230 valence electrons. The Hall–Kier alpha value is -3.97. The van der Waals surface area contributed by atoms with Gasteiger partial charge in [0.25, 0.3) is 11.5 Å². The maximum atomic E-state index is 14.2. The van der Waals surface area contributed by atoms with Crippen molar-refractivity contribution in [3.63, 3.8) is 0 Å². The number of rotatable bonds is 5. The quantitative estimate of drug-likeness (QED) is 0.309. The molecule has 6 rings (SSSR count). The summed E-state index contributed by atoms with van der Waals surface area (Å²) >= 11 is 2.92. The molecule has 0 bridgehead atoms. The Morgan fingerprint density at radius 1 is 1.09 bits per heavy atom. The summed E-state index contributed by atoms with van der Waals surface area (Å²) in [4.78, 5) is 34.0. The van der Waals surface area contributed by atoms with Gasteiger partial charge in [-0.1, -0.05) is 15.9 Å². The molecule has 2 aromatic carbocycles. The molecule has 0 saturated heterocycles. The topological polar surface area (TPSA) is 102 Å². The second-order valence-electron chi connectivity index (χ2n) is 11.4. The Labute approximate surface area is 259 Å². The van der Waals surface area contributed by atoms with E-state index in [1.54, 1.807) is 35.9 Å². The first-order valence-electron chi connectivity index (χ1n) is 14.1. The van der Waals surface area contributed by atoms with E-state index in [-0.39, 0.29) is 46.7 Å². The van der Waals surface area contributed by atoms with Gasteiger partial charge in [0.05, 0.1) is 35.3 Å². The molecule has 2 aromatic heterocycles. The number of carbonyl (C=O) groups excluding carboxylic acids is 1. The van der Waals surface area contributed by atoms with E-state index >= 15 is 0 Å². The minimum atomic E-state index is -4.64. The molecule has 1 amide bonds. The summed E-state index contributed by atoms with van der Waals surface area (Å²) in [6, 6.07) is 11.8. The lowest BCUT2D eigenvalue weighted by atomic mass is 9.92. The van der Waals surface area contributed by atoms with E-state index < -0.39 is 23.7 Å². The van der Waals surface area contributed by atoms with Crippen molar-refractivity contribution in [2.75, 3.05) is 0 Å². The molecular weight excluding hydrogens is 643 g/mol. The van der Waals surface area contributed by atoms with Crippen LogP contribution in [0.1, 0.15) is 58.3 Å². The lowest BCUT2D eigenvalue weighted by molar-refractivity contribution is -0.138.